The number of amides is 1. The summed E-state index contributed by atoms with van der Waals surface area (Å²) >= 11 is 0. The number of hydrogen-bond donors (Lipinski definition) is 1. The van der Waals surface area contributed by atoms with Crippen LogP contribution in [0.5, 0.6) is 5.75 Å². The predicted molar refractivity (Wildman–Crippen MR) is 65.5 cm³/mol. The Labute approximate surface area is 96.1 Å². The molecule has 1 aromatic rings. The molecular weight excluding hydrogens is 202 g/mol. The Morgan fingerprint density at radius 2 is 2.31 bits per heavy atom. The van der Waals surface area contributed by atoms with E-state index in [4.69, 9.17) is 4.74 Å². The van der Waals surface area contributed by atoms with Crippen molar-refractivity contribution in [1.82, 2.24) is 5.32 Å². The lowest BCUT2D eigenvalue weighted by molar-refractivity contribution is -0.120. The minimum absolute atomic E-state index is 0.00662. The summed E-state index contributed by atoms with van der Waals surface area (Å²) < 4.78 is 5.24. The highest BCUT2D eigenvalue weighted by Gasteiger charge is 2.07. The van der Waals surface area contributed by atoms with Crippen LogP contribution in [0.15, 0.2) is 24.8 Å². The summed E-state index contributed by atoms with van der Waals surface area (Å²) in [7, 11) is 1.60. The van der Waals surface area contributed by atoms with Gasteiger partial charge in [-0.3, -0.25) is 4.79 Å². The Morgan fingerprint density at radius 1 is 1.56 bits per heavy atom. The number of ether oxygens (including phenoxy) is 1. The molecule has 1 N–H and O–H groups in total. The van der Waals surface area contributed by atoms with E-state index in [-0.39, 0.29) is 5.91 Å². The fourth-order valence-electron chi connectivity index (χ4n) is 1.47. The Kier molecular flexibility index (Phi) is 4.58. The van der Waals surface area contributed by atoms with Crippen molar-refractivity contribution in [2.24, 2.45) is 0 Å². The average molecular weight is 219 g/mol. The van der Waals surface area contributed by atoms with Crippen LogP contribution in [0.1, 0.15) is 18.1 Å². The number of methoxy groups -OCH3 is 1. The minimum atomic E-state index is 0.00662. The fraction of sp³-hybridized carbons (Fsp3) is 0.308. The van der Waals surface area contributed by atoms with Crippen LogP contribution in [0.2, 0.25) is 0 Å². The predicted octanol–water partition coefficient (Wildman–Crippen LogP) is 2.02. The zero-order chi connectivity index (χ0) is 12.0. The summed E-state index contributed by atoms with van der Waals surface area (Å²) in [6, 6.07) is 5.69. The first-order chi connectivity index (χ1) is 7.71. The van der Waals surface area contributed by atoms with Crippen molar-refractivity contribution in [3.05, 3.63) is 35.9 Å². The van der Waals surface area contributed by atoms with Gasteiger partial charge < -0.3 is 10.1 Å². The quantitative estimate of drug-likeness (QED) is 0.822. The van der Waals surface area contributed by atoms with Gasteiger partial charge in [-0.05, 0) is 18.6 Å². The molecule has 0 atom stereocenters. The second-order valence-electron chi connectivity index (χ2n) is 3.41. The van der Waals surface area contributed by atoms with Crippen molar-refractivity contribution >= 4 is 12.0 Å². The average Bonchev–Trinajstić information content (AvgIpc) is 2.30. The van der Waals surface area contributed by atoms with Gasteiger partial charge in [0.05, 0.1) is 13.5 Å². The highest BCUT2D eigenvalue weighted by Crippen LogP contribution is 2.21. The molecule has 1 aromatic carbocycles. The molecule has 1 rings (SSSR count). The van der Waals surface area contributed by atoms with E-state index < -0.39 is 0 Å². The maximum atomic E-state index is 11.4. The molecule has 0 fully saturated rings. The molecule has 0 saturated heterocycles. The van der Waals surface area contributed by atoms with Gasteiger partial charge in [-0.25, -0.2) is 0 Å². The van der Waals surface area contributed by atoms with E-state index in [0.717, 1.165) is 16.9 Å². The lowest BCUT2D eigenvalue weighted by atomic mass is 10.1. The zero-order valence-corrected chi connectivity index (χ0v) is 9.75. The van der Waals surface area contributed by atoms with Gasteiger partial charge >= 0.3 is 0 Å². The van der Waals surface area contributed by atoms with E-state index >= 15 is 0 Å². The summed E-state index contributed by atoms with van der Waals surface area (Å²) in [6.45, 7) is 6.24. The van der Waals surface area contributed by atoms with Crippen LogP contribution in [0, 0.1) is 0 Å². The first-order valence-corrected chi connectivity index (χ1v) is 5.27. The second-order valence-corrected chi connectivity index (χ2v) is 3.41. The first-order valence-electron chi connectivity index (χ1n) is 5.27. The number of benzene rings is 1. The summed E-state index contributed by atoms with van der Waals surface area (Å²) in [5.74, 6) is 0.732. The summed E-state index contributed by atoms with van der Waals surface area (Å²) in [5, 5.41) is 2.76. The molecule has 0 aliphatic carbocycles. The van der Waals surface area contributed by atoms with Gasteiger partial charge in [-0.15, -0.1) is 0 Å². The maximum absolute atomic E-state index is 11.4. The highest BCUT2D eigenvalue weighted by molar-refractivity contribution is 5.79. The SMILES string of the molecule is C=Cc1ccc(CC(=O)NCC)c(OC)c1. The van der Waals surface area contributed by atoms with E-state index in [1.165, 1.54) is 0 Å². The molecule has 0 aliphatic rings. The van der Waals surface area contributed by atoms with E-state index in [9.17, 15) is 4.79 Å². The molecule has 0 saturated carbocycles. The standard InChI is InChI=1S/C13H17NO2/c1-4-10-6-7-11(12(8-10)16-3)9-13(15)14-5-2/h4,6-8H,1,5,9H2,2-3H3,(H,14,15). The molecule has 1 amide bonds. The number of carbonyl (C=O) groups is 1. The Hall–Kier alpha value is -1.77. The molecule has 0 spiro atoms. The van der Waals surface area contributed by atoms with E-state index in [2.05, 4.69) is 11.9 Å². The van der Waals surface area contributed by atoms with Gasteiger partial charge in [0.1, 0.15) is 5.75 Å². The molecule has 86 valence electrons. The van der Waals surface area contributed by atoms with Gasteiger partial charge in [0.15, 0.2) is 0 Å². The number of likely N-dealkylation sites (N-methyl/N-ethyl adjacent to an activating group) is 1. The first kappa shape index (κ1) is 12.3. The van der Waals surface area contributed by atoms with Crippen molar-refractivity contribution in [2.75, 3.05) is 13.7 Å². The van der Waals surface area contributed by atoms with E-state index in [0.29, 0.717) is 13.0 Å². The third-order valence-electron chi connectivity index (χ3n) is 2.27. The van der Waals surface area contributed by atoms with Crippen LogP contribution in [0.3, 0.4) is 0 Å². The van der Waals surface area contributed by atoms with Crippen LogP contribution in [0.25, 0.3) is 6.08 Å². The molecule has 0 heterocycles. The van der Waals surface area contributed by atoms with Crippen LogP contribution in [-0.2, 0) is 11.2 Å². The molecule has 3 heteroatoms. The Balaban J connectivity index is 2.87. The van der Waals surface area contributed by atoms with Crippen molar-refractivity contribution < 1.29 is 9.53 Å². The normalized spacial score (nSPS) is 9.62. The molecular formula is C13H17NO2. The third kappa shape index (κ3) is 3.12. The molecule has 16 heavy (non-hydrogen) atoms. The van der Waals surface area contributed by atoms with Gasteiger partial charge in [0, 0.05) is 12.1 Å². The maximum Gasteiger partial charge on any atom is 0.224 e. The number of hydrogen-bond acceptors (Lipinski definition) is 2. The number of carbonyl (C=O) groups excluding carboxylic acids is 1. The highest BCUT2D eigenvalue weighted by atomic mass is 16.5. The van der Waals surface area contributed by atoms with Gasteiger partial charge in [0.2, 0.25) is 5.91 Å². The van der Waals surface area contributed by atoms with Crippen molar-refractivity contribution in [3.8, 4) is 5.75 Å². The third-order valence-corrected chi connectivity index (χ3v) is 2.27. The van der Waals surface area contributed by atoms with Crippen molar-refractivity contribution in [2.45, 2.75) is 13.3 Å². The molecule has 0 bridgehead atoms. The summed E-state index contributed by atoms with van der Waals surface area (Å²) in [5.41, 5.74) is 1.87. The second kappa shape index (κ2) is 5.95. The Morgan fingerprint density at radius 3 is 2.88 bits per heavy atom. The topological polar surface area (TPSA) is 38.3 Å². The molecule has 0 aromatic heterocycles. The van der Waals surface area contributed by atoms with E-state index in [1.54, 1.807) is 13.2 Å². The number of rotatable bonds is 5. The lowest BCUT2D eigenvalue weighted by Gasteiger charge is -2.09. The van der Waals surface area contributed by atoms with Crippen LogP contribution in [-0.4, -0.2) is 19.6 Å². The van der Waals surface area contributed by atoms with Crippen LogP contribution < -0.4 is 10.1 Å². The van der Waals surface area contributed by atoms with Crippen molar-refractivity contribution in [3.63, 3.8) is 0 Å². The molecule has 0 unspecified atom stereocenters. The van der Waals surface area contributed by atoms with Gasteiger partial charge in [0.25, 0.3) is 0 Å². The van der Waals surface area contributed by atoms with E-state index in [1.807, 2.05) is 25.1 Å². The van der Waals surface area contributed by atoms with Crippen molar-refractivity contribution in [1.29, 1.82) is 0 Å². The smallest absolute Gasteiger partial charge is 0.224 e. The lowest BCUT2D eigenvalue weighted by Crippen LogP contribution is -2.24. The van der Waals surface area contributed by atoms with Gasteiger partial charge in [-0.1, -0.05) is 24.8 Å². The summed E-state index contributed by atoms with van der Waals surface area (Å²) in [6.07, 6.45) is 2.09. The number of nitrogens with one attached hydrogen (secondary N) is 1. The monoisotopic (exact) mass is 219 g/mol. The van der Waals surface area contributed by atoms with Gasteiger partial charge in [-0.2, -0.15) is 0 Å². The largest absolute Gasteiger partial charge is 0.496 e. The molecule has 0 radical (unpaired) electrons. The van der Waals surface area contributed by atoms with Crippen LogP contribution in [0.4, 0.5) is 0 Å². The molecule has 3 nitrogen and oxygen atoms in total. The molecule has 0 aliphatic heterocycles. The Bertz CT molecular complexity index is 386. The fourth-order valence-corrected chi connectivity index (χ4v) is 1.47. The van der Waals surface area contributed by atoms with Crippen LogP contribution >= 0.6 is 0 Å². The minimum Gasteiger partial charge on any atom is -0.496 e. The zero-order valence-electron chi connectivity index (χ0n) is 9.75. The summed E-state index contributed by atoms with van der Waals surface area (Å²) in [4.78, 5) is 11.4.